The van der Waals surface area contributed by atoms with E-state index in [1.54, 1.807) is 0 Å². The predicted octanol–water partition coefficient (Wildman–Crippen LogP) is 2.54. The van der Waals surface area contributed by atoms with Gasteiger partial charge in [-0.25, -0.2) is 0 Å². The topological polar surface area (TPSA) is 37.4 Å². The molecule has 0 bridgehead atoms. The Morgan fingerprint density at radius 2 is 2.00 bits per heavy atom. The molecular formula is C13H23NO2. The third-order valence-corrected chi connectivity index (χ3v) is 3.31. The first-order valence-electron chi connectivity index (χ1n) is 6.46. The Labute approximate surface area is 98.2 Å². The Hall–Kier alpha value is -0.860. The highest BCUT2D eigenvalue weighted by molar-refractivity contribution is 6.00. The van der Waals surface area contributed by atoms with Crippen LogP contribution in [0, 0.1) is 0 Å². The number of Topliss-reactive ketones (excluding diaryl/α,β-unsaturated/α-hetero) is 1. The van der Waals surface area contributed by atoms with Crippen LogP contribution in [0.25, 0.3) is 0 Å². The highest BCUT2D eigenvalue weighted by Crippen LogP contribution is 2.16. The number of carbonyl (C=O) groups excluding carboxylic acids is 2. The second-order valence-corrected chi connectivity index (χ2v) is 4.75. The van der Waals surface area contributed by atoms with Crippen molar-refractivity contribution in [2.24, 2.45) is 0 Å². The molecule has 16 heavy (non-hydrogen) atoms. The molecule has 1 atom stereocenters. The number of hydrogen-bond acceptors (Lipinski definition) is 2. The van der Waals surface area contributed by atoms with Crippen LogP contribution in [0.1, 0.15) is 58.8 Å². The largest absolute Gasteiger partial charge is 0.339 e. The van der Waals surface area contributed by atoms with Gasteiger partial charge in [-0.05, 0) is 13.3 Å². The van der Waals surface area contributed by atoms with Crippen LogP contribution in [0.15, 0.2) is 0 Å². The van der Waals surface area contributed by atoms with Crippen LogP contribution in [0.4, 0.5) is 0 Å². The molecule has 1 fully saturated rings. The molecule has 0 radical (unpaired) electrons. The van der Waals surface area contributed by atoms with Crippen molar-refractivity contribution in [1.29, 1.82) is 0 Å². The molecule has 1 aliphatic rings. The molecule has 0 aromatic carbocycles. The van der Waals surface area contributed by atoms with Crippen molar-refractivity contribution in [3.63, 3.8) is 0 Å². The summed E-state index contributed by atoms with van der Waals surface area (Å²) in [5.74, 6) is 0.124. The van der Waals surface area contributed by atoms with Crippen molar-refractivity contribution in [2.45, 2.75) is 64.8 Å². The Bertz CT molecular complexity index is 250. The van der Waals surface area contributed by atoms with E-state index in [0.717, 1.165) is 6.42 Å². The number of carbonyl (C=O) groups is 2. The third-order valence-electron chi connectivity index (χ3n) is 3.31. The summed E-state index contributed by atoms with van der Waals surface area (Å²) >= 11 is 0. The molecule has 1 saturated heterocycles. The molecule has 1 aliphatic heterocycles. The maximum absolute atomic E-state index is 11.6. The van der Waals surface area contributed by atoms with E-state index < -0.39 is 0 Å². The van der Waals surface area contributed by atoms with Gasteiger partial charge in [0.25, 0.3) is 0 Å². The lowest BCUT2D eigenvalue weighted by Crippen LogP contribution is -2.44. The zero-order valence-corrected chi connectivity index (χ0v) is 10.5. The number of nitrogens with zero attached hydrogens (tertiary/aromatic N) is 1. The normalized spacial score (nSPS) is 19.0. The fourth-order valence-corrected chi connectivity index (χ4v) is 2.22. The van der Waals surface area contributed by atoms with Crippen LogP contribution >= 0.6 is 0 Å². The summed E-state index contributed by atoms with van der Waals surface area (Å²) in [6.07, 6.45) is 6.70. The van der Waals surface area contributed by atoms with Gasteiger partial charge in [-0.15, -0.1) is 0 Å². The maximum Gasteiger partial charge on any atom is 0.230 e. The molecule has 1 rings (SSSR count). The molecule has 0 saturated carbocycles. The van der Waals surface area contributed by atoms with Crippen LogP contribution < -0.4 is 0 Å². The third kappa shape index (κ3) is 3.95. The zero-order valence-electron chi connectivity index (χ0n) is 10.5. The van der Waals surface area contributed by atoms with E-state index in [1.165, 1.54) is 25.7 Å². The molecule has 0 aromatic rings. The molecule has 0 aliphatic carbocycles. The van der Waals surface area contributed by atoms with Gasteiger partial charge in [0.05, 0.1) is 6.42 Å². The number of amides is 1. The van der Waals surface area contributed by atoms with Gasteiger partial charge in [0, 0.05) is 19.0 Å². The Morgan fingerprint density at radius 1 is 1.25 bits per heavy atom. The Balaban J connectivity index is 2.27. The predicted molar refractivity (Wildman–Crippen MR) is 64.2 cm³/mol. The van der Waals surface area contributed by atoms with E-state index in [1.807, 2.05) is 4.90 Å². The lowest BCUT2D eigenvalue weighted by Gasteiger charge is -2.32. The average molecular weight is 225 g/mol. The van der Waals surface area contributed by atoms with E-state index in [2.05, 4.69) is 13.8 Å². The molecule has 1 unspecified atom stereocenters. The van der Waals surface area contributed by atoms with Crippen molar-refractivity contribution < 1.29 is 9.59 Å². The minimum atomic E-state index is 0.0271. The summed E-state index contributed by atoms with van der Waals surface area (Å²) in [7, 11) is 0. The van der Waals surface area contributed by atoms with Gasteiger partial charge in [0.1, 0.15) is 5.78 Å². The fourth-order valence-electron chi connectivity index (χ4n) is 2.22. The first kappa shape index (κ1) is 13.2. The summed E-state index contributed by atoms with van der Waals surface area (Å²) in [5.41, 5.74) is 0. The second kappa shape index (κ2) is 6.66. The lowest BCUT2D eigenvalue weighted by atomic mass is 10.0. The molecule has 92 valence electrons. The first-order valence-corrected chi connectivity index (χ1v) is 6.46. The van der Waals surface area contributed by atoms with Crippen LogP contribution in [0.2, 0.25) is 0 Å². The van der Waals surface area contributed by atoms with Crippen molar-refractivity contribution >= 4 is 11.7 Å². The minimum absolute atomic E-state index is 0.0271. The van der Waals surface area contributed by atoms with E-state index in [-0.39, 0.29) is 18.1 Å². The Kier molecular flexibility index (Phi) is 5.50. The van der Waals surface area contributed by atoms with Gasteiger partial charge in [-0.3, -0.25) is 9.59 Å². The first-order chi connectivity index (χ1) is 7.65. The standard InChI is InChI=1S/C13H23NO2/c1-3-4-5-6-7-11(2)14-9-8-12(15)10-13(14)16/h11H,3-10H2,1-2H3. The number of unbranched alkanes of at least 4 members (excludes halogenated alkanes) is 3. The van der Waals surface area contributed by atoms with E-state index in [9.17, 15) is 9.59 Å². The van der Waals surface area contributed by atoms with E-state index in [0.29, 0.717) is 19.0 Å². The maximum atomic E-state index is 11.6. The lowest BCUT2D eigenvalue weighted by molar-refractivity contribution is -0.141. The number of likely N-dealkylation sites (tertiary alicyclic amines) is 1. The molecule has 3 nitrogen and oxygen atoms in total. The second-order valence-electron chi connectivity index (χ2n) is 4.75. The molecule has 0 spiro atoms. The molecule has 3 heteroatoms. The van der Waals surface area contributed by atoms with Crippen molar-refractivity contribution in [2.75, 3.05) is 6.54 Å². The molecular weight excluding hydrogens is 202 g/mol. The molecule has 0 N–H and O–H groups in total. The van der Waals surface area contributed by atoms with Crippen LogP contribution in [0.5, 0.6) is 0 Å². The van der Waals surface area contributed by atoms with Gasteiger partial charge < -0.3 is 4.90 Å². The summed E-state index contributed by atoms with van der Waals surface area (Å²) in [5, 5.41) is 0. The fraction of sp³-hybridized carbons (Fsp3) is 0.846. The quantitative estimate of drug-likeness (QED) is 0.514. The average Bonchev–Trinajstić information content (AvgIpc) is 2.24. The smallest absolute Gasteiger partial charge is 0.230 e. The summed E-state index contributed by atoms with van der Waals surface area (Å²) in [4.78, 5) is 24.6. The summed E-state index contributed by atoms with van der Waals surface area (Å²) in [6, 6.07) is 0.303. The molecule has 0 aromatic heterocycles. The van der Waals surface area contributed by atoms with Gasteiger partial charge in [0.2, 0.25) is 5.91 Å². The SMILES string of the molecule is CCCCCCC(C)N1CCC(=O)CC1=O. The van der Waals surface area contributed by atoms with Crippen LogP contribution in [0.3, 0.4) is 0 Å². The highest BCUT2D eigenvalue weighted by atomic mass is 16.2. The highest BCUT2D eigenvalue weighted by Gasteiger charge is 2.26. The van der Waals surface area contributed by atoms with Crippen molar-refractivity contribution in [1.82, 2.24) is 4.90 Å². The summed E-state index contributed by atoms with van der Waals surface area (Å²) in [6.45, 7) is 4.93. The van der Waals surface area contributed by atoms with Gasteiger partial charge >= 0.3 is 0 Å². The minimum Gasteiger partial charge on any atom is -0.339 e. The monoisotopic (exact) mass is 225 g/mol. The molecule has 1 heterocycles. The number of ketones is 1. The zero-order chi connectivity index (χ0) is 12.0. The van der Waals surface area contributed by atoms with Crippen molar-refractivity contribution in [3.8, 4) is 0 Å². The number of rotatable bonds is 6. The van der Waals surface area contributed by atoms with Gasteiger partial charge in [-0.2, -0.15) is 0 Å². The van der Waals surface area contributed by atoms with Crippen LogP contribution in [-0.2, 0) is 9.59 Å². The van der Waals surface area contributed by atoms with Crippen LogP contribution in [-0.4, -0.2) is 29.2 Å². The number of piperidine rings is 1. The summed E-state index contributed by atoms with van der Waals surface area (Å²) < 4.78 is 0. The Morgan fingerprint density at radius 3 is 2.62 bits per heavy atom. The van der Waals surface area contributed by atoms with Gasteiger partial charge in [-0.1, -0.05) is 32.6 Å². The van der Waals surface area contributed by atoms with Crippen molar-refractivity contribution in [3.05, 3.63) is 0 Å². The van der Waals surface area contributed by atoms with Gasteiger partial charge in [0.15, 0.2) is 0 Å². The van der Waals surface area contributed by atoms with E-state index in [4.69, 9.17) is 0 Å². The van der Waals surface area contributed by atoms with E-state index >= 15 is 0 Å². The molecule has 1 amide bonds. The number of hydrogen-bond donors (Lipinski definition) is 0.